The van der Waals surface area contributed by atoms with Gasteiger partial charge in [-0.3, -0.25) is 9.80 Å². The molecule has 1 heterocycles. The Labute approximate surface area is 57.4 Å². The van der Waals surface area contributed by atoms with Crippen LogP contribution in [-0.2, 0) is 0 Å². The van der Waals surface area contributed by atoms with Crippen LogP contribution in [-0.4, -0.2) is 43.2 Å². The van der Waals surface area contributed by atoms with Crippen molar-refractivity contribution in [2.45, 2.75) is 19.4 Å². The predicted molar refractivity (Wildman–Crippen MR) is 39.3 cm³/mol. The van der Waals surface area contributed by atoms with Crippen LogP contribution in [0.1, 0.15) is 13.3 Å². The summed E-state index contributed by atoms with van der Waals surface area (Å²) < 4.78 is 0. The van der Waals surface area contributed by atoms with Crippen LogP contribution in [0, 0.1) is 0 Å². The van der Waals surface area contributed by atoms with E-state index in [1.807, 2.05) is 0 Å². The Kier molecular flexibility index (Phi) is 2.09. The van der Waals surface area contributed by atoms with Crippen LogP contribution >= 0.6 is 0 Å². The molecule has 2 heteroatoms. The molecule has 0 amide bonds. The molecule has 1 unspecified atom stereocenters. The van der Waals surface area contributed by atoms with Gasteiger partial charge in [0, 0.05) is 12.6 Å². The molecule has 1 saturated heterocycles. The first-order valence-corrected chi connectivity index (χ1v) is 3.59. The van der Waals surface area contributed by atoms with E-state index in [0.29, 0.717) is 0 Å². The summed E-state index contributed by atoms with van der Waals surface area (Å²) in [5.74, 6) is 0. The minimum absolute atomic E-state index is 0.779. The average Bonchev–Trinajstić information content (AvgIpc) is 1.80. The standard InChI is InChI=1S/C7H16N2/c1-7-4-5-8(2)6-9(7)3/h7H,4-6H2,1-3H3. The molecular formula is C7H16N2. The predicted octanol–water partition coefficient (Wildman–Crippen LogP) is 0.600. The van der Waals surface area contributed by atoms with Crippen LogP contribution in [0.2, 0.25) is 0 Å². The zero-order valence-corrected chi connectivity index (χ0v) is 6.59. The Bertz CT molecular complexity index is 92.9. The van der Waals surface area contributed by atoms with Gasteiger partial charge in [0.25, 0.3) is 0 Å². The van der Waals surface area contributed by atoms with E-state index >= 15 is 0 Å². The molecule has 0 N–H and O–H groups in total. The summed E-state index contributed by atoms with van der Waals surface area (Å²) in [6.45, 7) is 4.67. The third-order valence-electron chi connectivity index (χ3n) is 2.15. The third kappa shape index (κ3) is 1.66. The molecule has 0 radical (unpaired) electrons. The van der Waals surface area contributed by atoms with E-state index in [0.717, 1.165) is 12.7 Å². The minimum atomic E-state index is 0.779. The summed E-state index contributed by atoms with van der Waals surface area (Å²) >= 11 is 0. The molecule has 1 aliphatic heterocycles. The zero-order chi connectivity index (χ0) is 6.85. The molecule has 0 aromatic rings. The lowest BCUT2D eigenvalue weighted by Crippen LogP contribution is -2.45. The molecule has 9 heavy (non-hydrogen) atoms. The topological polar surface area (TPSA) is 6.48 Å². The molecule has 0 aromatic carbocycles. The maximum atomic E-state index is 2.38. The molecule has 0 aromatic heterocycles. The second kappa shape index (κ2) is 2.67. The van der Waals surface area contributed by atoms with Crippen LogP contribution in [0.5, 0.6) is 0 Å². The Morgan fingerprint density at radius 1 is 1.33 bits per heavy atom. The molecule has 1 atom stereocenters. The molecular weight excluding hydrogens is 112 g/mol. The van der Waals surface area contributed by atoms with Crippen molar-refractivity contribution in [1.82, 2.24) is 9.80 Å². The van der Waals surface area contributed by atoms with E-state index < -0.39 is 0 Å². The normalized spacial score (nSPS) is 33.0. The van der Waals surface area contributed by atoms with Gasteiger partial charge in [-0.15, -0.1) is 0 Å². The number of hydrogen-bond donors (Lipinski definition) is 0. The highest BCUT2D eigenvalue weighted by Crippen LogP contribution is 2.08. The summed E-state index contributed by atoms with van der Waals surface area (Å²) in [5.41, 5.74) is 0. The molecule has 2 nitrogen and oxygen atoms in total. The first-order chi connectivity index (χ1) is 4.20. The van der Waals surface area contributed by atoms with Gasteiger partial charge in [0.05, 0.1) is 6.67 Å². The third-order valence-corrected chi connectivity index (χ3v) is 2.15. The molecule has 0 spiro atoms. The molecule has 54 valence electrons. The molecule has 0 bridgehead atoms. The molecule has 1 aliphatic rings. The zero-order valence-electron chi connectivity index (χ0n) is 6.59. The summed E-state index contributed by atoms with van der Waals surface area (Å²) in [6, 6.07) is 0.779. The average molecular weight is 128 g/mol. The van der Waals surface area contributed by atoms with Gasteiger partial charge in [0.15, 0.2) is 0 Å². The van der Waals surface area contributed by atoms with Crippen LogP contribution in [0.3, 0.4) is 0 Å². The first kappa shape index (κ1) is 7.03. The quantitative estimate of drug-likeness (QED) is 0.471. The molecule has 0 aliphatic carbocycles. The Morgan fingerprint density at radius 2 is 2.00 bits per heavy atom. The van der Waals surface area contributed by atoms with Crippen molar-refractivity contribution in [3.8, 4) is 0 Å². The monoisotopic (exact) mass is 128 g/mol. The minimum Gasteiger partial charge on any atom is -0.293 e. The van der Waals surface area contributed by atoms with Gasteiger partial charge in [0.2, 0.25) is 0 Å². The van der Waals surface area contributed by atoms with E-state index in [2.05, 4.69) is 30.8 Å². The van der Waals surface area contributed by atoms with Gasteiger partial charge in [-0.1, -0.05) is 0 Å². The summed E-state index contributed by atoms with van der Waals surface area (Å²) in [5, 5.41) is 0. The summed E-state index contributed by atoms with van der Waals surface area (Å²) in [6.07, 6.45) is 1.31. The van der Waals surface area contributed by atoms with Gasteiger partial charge in [-0.05, 0) is 27.4 Å². The van der Waals surface area contributed by atoms with Gasteiger partial charge < -0.3 is 0 Å². The van der Waals surface area contributed by atoms with Crippen molar-refractivity contribution in [3.05, 3.63) is 0 Å². The Morgan fingerprint density at radius 3 is 2.44 bits per heavy atom. The van der Waals surface area contributed by atoms with E-state index in [1.165, 1.54) is 13.0 Å². The second-order valence-corrected chi connectivity index (χ2v) is 3.12. The van der Waals surface area contributed by atoms with E-state index in [4.69, 9.17) is 0 Å². The molecule has 1 rings (SSSR count). The highest BCUT2D eigenvalue weighted by Gasteiger charge is 2.16. The van der Waals surface area contributed by atoms with E-state index in [-0.39, 0.29) is 0 Å². The maximum Gasteiger partial charge on any atom is 0.0503 e. The molecule has 1 fully saturated rings. The van der Waals surface area contributed by atoms with Crippen molar-refractivity contribution in [2.24, 2.45) is 0 Å². The fourth-order valence-electron chi connectivity index (χ4n) is 1.22. The Hall–Kier alpha value is -0.0800. The smallest absolute Gasteiger partial charge is 0.0503 e. The Balaban J connectivity index is 2.35. The fraction of sp³-hybridized carbons (Fsp3) is 1.00. The summed E-state index contributed by atoms with van der Waals surface area (Å²) in [4.78, 5) is 4.73. The van der Waals surface area contributed by atoms with Gasteiger partial charge in [-0.25, -0.2) is 0 Å². The lowest BCUT2D eigenvalue weighted by Gasteiger charge is -2.35. The SMILES string of the molecule is CC1CCN(C)CN1C. The highest BCUT2D eigenvalue weighted by molar-refractivity contribution is 4.69. The van der Waals surface area contributed by atoms with Crippen molar-refractivity contribution in [2.75, 3.05) is 27.3 Å². The number of nitrogens with zero attached hydrogens (tertiary/aromatic N) is 2. The fourth-order valence-corrected chi connectivity index (χ4v) is 1.22. The van der Waals surface area contributed by atoms with Crippen LogP contribution in [0.25, 0.3) is 0 Å². The van der Waals surface area contributed by atoms with E-state index in [9.17, 15) is 0 Å². The summed E-state index contributed by atoms with van der Waals surface area (Å²) in [7, 11) is 4.35. The lowest BCUT2D eigenvalue weighted by atomic mass is 10.2. The first-order valence-electron chi connectivity index (χ1n) is 3.59. The van der Waals surface area contributed by atoms with Crippen molar-refractivity contribution in [1.29, 1.82) is 0 Å². The molecule has 0 saturated carbocycles. The number of hydrogen-bond acceptors (Lipinski definition) is 2. The van der Waals surface area contributed by atoms with Gasteiger partial charge in [-0.2, -0.15) is 0 Å². The number of rotatable bonds is 0. The maximum absolute atomic E-state index is 2.38. The van der Waals surface area contributed by atoms with E-state index in [1.54, 1.807) is 0 Å². The largest absolute Gasteiger partial charge is 0.293 e. The highest BCUT2D eigenvalue weighted by atomic mass is 15.3. The second-order valence-electron chi connectivity index (χ2n) is 3.12. The van der Waals surface area contributed by atoms with Crippen molar-refractivity contribution >= 4 is 0 Å². The van der Waals surface area contributed by atoms with Gasteiger partial charge in [0.1, 0.15) is 0 Å². The van der Waals surface area contributed by atoms with Crippen molar-refractivity contribution < 1.29 is 0 Å². The van der Waals surface area contributed by atoms with Crippen LogP contribution in [0.4, 0.5) is 0 Å². The van der Waals surface area contributed by atoms with Crippen molar-refractivity contribution in [3.63, 3.8) is 0 Å². The van der Waals surface area contributed by atoms with Gasteiger partial charge >= 0.3 is 0 Å². The lowest BCUT2D eigenvalue weighted by molar-refractivity contribution is 0.0876. The van der Waals surface area contributed by atoms with Crippen LogP contribution in [0.15, 0.2) is 0 Å². The van der Waals surface area contributed by atoms with Crippen LogP contribution < -0.4 is 0 Å².